The van der Waals surface area contributed by atoms with E-state index in [1.165, 1.54) is 25.3 Å². The van der Waals surface area contributed by atoms with Gasteiger partial charge in [-0.2, -0.15) is 13.2 Å². The molecule has 0 spiro atoms. The van der Waals surface area contributed by atoms with Gasteiger partial charge in [-0.25, -0.2) is 4.79 Å². The van der Waals surface area contributed by atoms with Gasteiger partial charge < -0.3 is 19.8 Å². The molecule has 0 aliphatic carbocycles. The first-order valence-electron chi connectivity index (χ1n) is 7.64. The highest BCUT2D eigenvalue weighted by Gasteiger charge is 2.33. The van der Waals surface area contributed by atoms with Crippen LogP contribution in [0.4, 0.5) is 24.5 Å². The number of hydrogen-bond acceptors (Lipinski definition) is 4. The number of ether oxygens (including phenoxy) is 1. The van der Waals surface area contributed by atoms with Gasteiger partial charge in [0.05, 0.1) is 18.4 Å². The molecule has 3 aromatic rings. The van der Waals surface area contributed by atoms with E-state index in [4.69, 9.17) is 21.4 Å². The summed E-state index contributed by atoms with van der Waals surface area (Å²) < 4.78 is 49.4. The Morgan fingerprint density at radius 2 is 1.85 bits per heavy atom. The molecule has 2 N–H and O–H groups in total. The Hall–Kier alpha value is -3.07. The minimum atomic E-state index is -4.66. The van der Waals surface area contributed by atoms with Crippen LogP contribution in [-0.2, 0) is 6.18 Å². The third kappa shape index (κ3) is 4.20. The second-order valence-corrected chi connectivity index (χ2v) is 5.88. The average Bonchev–Trinajstić information content (AvgIpc) is 2.60. The largest absolute Gasteiger partial charge is 0.495 e. The molecule has 140 valence electrons. The second kappa shape index (κ2) is 7.28. The first kappa shape index (κ1) is 18.7. The molecule has 27 heavy (non-hydrogen) atoms. The van der Waals surface area contributed by atoms with E-state index < -0.39 is 17.4 Å². The SMILES string of the molecule is COc1ccccc1NC(=S)Nc1ccc2c(C(F)(F)F)cc(=O)oc2c1. The number of fused-ring (bicyclic) bond motifs is 1. The van der Waals surface area contributed by atoms with E-state index in [-0.39, 0.29) is 16.1 Å². The van der Waals surface area contributed by atoms with Crippen LogP contribution in [0, 0.1) is 0 Å². The van der Waals surface area contributed by atoms with Crippen molar-refractivity contribution in [1.29, 1.82) is 0 Å². The average molecular weight is 394 g/mol. The third-order valence-electron chi connectivity index (χ3n) is 3.66. The normalized spacial score (nSPS) is 11.3. The number of alkyl halides is 3. The molecule has 0 fully saturated rings. The molecule has 5 nitrogen and oxygen atoms in total. The highest BCUT2D eigenvalue weighted by molar-refractivity contribution is 7.80. The van der Waals surface area contributed by atoms with Gasteiger partial charge in [0.1, 0.15) is 11.3 Å². The smallest absolute Gasteiger partial charge is 0.417 e. The zero-order valence-corrected chi connectivity index (χ0v) is 14.7. The van der Waals surface area contributed by atoms with E-state index in [1.807, 2.05) is 0 Å². The number of halogens is 3. The number of hydrogen-bond donors (Lipinski definition) is 2. The molecule has 0 bridgehead atoms. The molecule has 1 aromatic heterocycles. The minimum Gasteiger partial charge on any atom is -0.495 e. The molecule has 0 aliphatic heterocycles. The number of para-hydroxylation sites is 2. The maximum Gasteiger partial charge on any atom is 0.417 e. The van der Waals surface area contributed by atoms with Crippen molar-refractivity contribution in [2.75, 3.05) is 17.7 Å². The zero-order valence-electron chi connectivity index (χ0n) is 13.9. The van der Waals surface area contributed by atoms with Crippen LogP contribution in [-0.4, -0.2) is 12.2 Å². The van der Waals surface area contributed by atoms with Crippen molar-refractivity contribution in [1.82, 2.24) is 0 Å². The zero-order chi connectivity index (χ0) is 19.6. The van der Waals surface area contributed by atoms with Gasteiger partial charge in [-0.3, -0.25) is 0 Å². The van der Waals surface area contributed by atoms with Crippen molar-refractivity contribution >= 4 is 39.7 Å². The van der Waals surface area contributed by atoms with Gasteiger partial charge in [-0.1, -0.05) is 12.1 Å². The van der Waals surface area contributed by atoms with Crippen LogP contribution in [0.2, 0.25) is 0 Å². The van der Waals surface area contributed by atoms with Gasteiger partial charge in [0.2, 0.25) is 0 Å². The standard InChI is InChI=1S/C18H13F3N2O3S/c1-25-14-5-3-2-4-13(14)23-17(27)22-10-6-7-11-12(18(19,20)21)9-16(24)26-15(11)8-10/h2-9H,1H3,(H2,22,23,27). The molecular weight excluding hydrogens is 381 g/mol. The van der Waals surface area contributed by atoms with E-state index in [0.29, 0.717) is 23.2 Å². The van der Waals surface area contributed by atoms with Crippen molar-refractivity contribution in [3.05, 3.63) is 64.5 Å². The number of anilines is 2. The molecule has 0 atom stereocenters. The van der Waals surface area contributed by atoms with Crippen molar-refractivity contribution in [3.8, 4) is 5.75 Å². The summed E-state index contributed by atoms with van der Waals surface area (Å²) in [4.78, 5) is 11.5. The minimum absolute atomic E-state index is 0.188. The molecule has 0 amide bonds. The van der Waals surface area contributed by atoms with Gasteiger partial charge in [-0.05, 0) is 36.5 Å². The van der Waals surface area contributed by atoms with E-state index in [0.717, 1.165) is 0 Å². The summed E-state index contributed by atoms with van der Waals surface area (Å²) in [7, 11) is 1.51. The predicted molar refractivity (Wildman–Crippen MR) is 100 cm³/mol. The van der Waals surface area contributed by atoms with Crippen molar-refractivity contribution in [3.63, 3.8) is 0 Å². The Labute approximate surface area is 156 Å². The predicted octanol–water partition coefficient (Wildman–Crippen LogP) is 4.63. The van der Waals surface area contributed by atoms with E-state index >= 15 is 0 Å². The summed E-state index contributed by atoms with van der Waals surface area (Å²) in [5, 5.41) is 5.74. The van der Waals surface area contributed by atoms with Crippen molar-refractivity contribution in [2.24, 2.45) is 0 Å². The Bertz CT molecular complexity index is 1060. The van der Waals surface area contributed by atoms with Gasteiger partial charge >= 0.3 is 11.8 Å². The maximum absolute atomic E-state index is 13.1. The summed E-state index contributed by atoms with van der Waals surface area (Å²) in [6.45, 7) is 0. The van der Waals surface area contributed by atoms with Crippen molar-refractivity contribution < 1.29 is 22.3 Å². The summed E-state index contributed by atoms with van der Waals surface area (Å²) in [5.41, 5.74) is -1.35. The topological polar surface area (TPSA) is 63.5 Å². The number of thiocarbonyl (C=S) groups is 1. The van der Waals surface area contributed by atoms with E-state index in [1.54, 1.807) is 24.3 Å². The number of methoxy groups -OCH3 is 1. The monoisotopic (exact) mass is 394 g/mol. The molecular formula is C18H13F3N2O3S. The van der Waals surface area contributed by atoms with Crippen LogP contribution in [0.1, 0.15) is 5.56 Å². The Kier molecular flexibility index (Phi) is 5.04. The second-order valence-electron chi connectivity index (χ2n) is 5.47. The molecule has 2 aromatic carbocycles. The van der Waals surface area contributed by atoms with Crippen LogP contribution >= 0.6 is 12.2 Å². The van der Waals surface area contributed by atoms with Crippen LogP contribution in [0.5, 0.6) is 5.75 Å². The summed E-state index contributed by atoms with van der Waals surface area (Å²) in [6, 6.07) is 11.4. The lowest BCUT2D eigenvalue weighted by molar-refractivity contribution is -0.136. The highest BCUT2D eigenvalue weighted by Crippen LogP contribution is 2.34. The summed E-state index contributed by atoms with van der Waals surface area (Å²) in [5.74, 6) is 0.570. The van der Waals surface area contributed by atoms with Crippen LogP contribution < -0.4 is 21.0 Å². The van der Waals surface area contributed by atoms with Crippen LogP contribution in [0.3, 0.4) is 0 Å². The lowest BCUT2D eigenvalue weighted by Gasteiger charge is -2.14. The quantitative estimate of drug-likeness (QED) is 0.499. The van der Waals surface area contributed by atoms with Gasteiger partial charge in [0.15, 0.2) is 5.11 Å². The first-order valence-corrected chi connectivity index (χ1v) is 8.05. The maximum atomic E-state index is 13.1. The van der Waals surface area contributed by atoms with E-state index in [9.17, 15) is 18.0 Å². The van der Waals surface area contributed by atoms with Gasteiger partial charge in [0, 0.05) is 23.2 Å². The van der Waals surface area contributed by atoms with E-state index in [2.05, 4.69) is 10.6 Å². The molecule has 0 aliphatic rings. The third-order valence-corrected chi connectivity index (χ3v) is 3.87. The van der Waals surface area contributed by atoms with Gasteiger partial charge in [0.25, 0.3) is 0 Å². The first-order chi connectivity index (χ1) is 12.8. The molecule has 1 heterocycles. The molecule has 9 heteroatoms. The Morgan fingerprint density at radius 1 is 1.11 bits per heavy atom. The fraction of sp³-hybridized carbons (Fsp3) is 0.111. The van der Waals surface area contributed by atoms with Crippen LogP contribution in [0.25, 0.3) is 11.0 Å². The molecule has 0 saturated heterocycles. The molecule has 0 saturated carbocycles. The van der Waals surface area contributed by atoms with Gasteiger partial charge in [-0.15, -0.1) is 0 Å². The fourth-order valence-corrected chi connectivity index (χ4v) is 2.74. The summed E-state index contributed by atoms with van der Waals surface area (Å²) in [6.07, 6.45) is -4.66. The van der Waals surface area contributed by atoms with Crippen LogP contribution in [0.15, 0.2) is 57.7 Å². The number of benzene rings is 2. The Morgan fingerprint density at radius 3 is 2.56 bits per heavy atom. The molecule has 0 unspecified atom stereocenters. The fourth-order valence-electron chi connectivity index (χ4n) is 2.51. The molecule has 3 rings (SSSR count). The number of rotatable bonds is 3. The lowest BCUT2D eigenvalue weighted by atomic mass is 10.1. The van der Waals surface area contributed by atoms with Crippen molar-refractivity contribution in [2.45, 2.75) is 6.18 Å². The highest BCUT2D eigenvalue weighted by atomic mass is 32.1. The summed E-state index contributed by atoms with van der Waals surface area (Å²) >= 11 is 5.21. The Balaban J connectivity index is 1.87. The lowest BCUT2D eigenvalue weighted by Crippen LogP contribution is -2.19. The molecule has 0 radical (unpaired) electrons. The number of nitrogens with one attached hydrogen (secondary N) is 2.